The van der Waals surface area contributed by atoms with Gasteiger partial charge in [0, 0.05) is 45.1 Å². The Balaban J connectivity index is 1.18. The van der Waals surface area contributed by atoms with Gasteiger partial charge in [-0.15, -0.1) is 11.3 Å². The van der Waals surface area contributed by atoms with E-state index < -0.39 is 0 Å². The summed E-state index contributed by atoms with van der Waals surface area (Å²) in [6.07, 6.45) is 3.49. The van der Waals surface area contributed by atoms with Crippen molar-refractivity contribution >= 4 is 39.1 Å². The van der Waals surface area contributed by atoms with Crippen LogP contribution in [0.2, 0.25) is 0 Å². The summed E-state index contributed by atoms with van der Waals surface area (Å²) in [6, 6.07) is 17.0. The molecule has 0 bridgehead atoms. The number of imidazole rings is 1. The molecule has 0 saturated carbocycles. The van der Waals surface area contributed by atoms with Crippen LogP contribution in [0.15, 0.2) is 66.3 Å². The molecule has 3 aromatic heterocycles. The summed E-state index contributed by atoms with van der Waals surface area (Å²) in [6.45, 7) is 4.98. The van der Waals surface area contributed by atoms with Gasteiger partial charge in [0.1, 0.15) is 11.3 Å². The third-order valence-corrected chi connectivity index (χ3v) is 6.78. The molecule has 7 heteroatoms. The number of hydrogen-bond donors (Lipinski definition) is 1. The minimum Gasteiger partial charge on any atom is -0.367 e. The number of para-hydroxylation sites is 1. The lowest BCUT2D eigenvalue weighted by Crippen LogP contribution is -2.46. The molecule has 1 aliphatic rings. The first-order valence-electron chi connectivity index (χ1n) is 10.5. The van der Waals surface area contributed by atoms with Gasteiger partial charge in [0.05, 0.1) is 27.1 Å². The van der Waals surface area contributed by atoms with Crippen molar-refractivity contribution < 1.29 is 0 Å². The summed E-state index contributed by atoms with van der Waals surface area (Å²) in [5.41, 5.74) is 6.58. The molecule has 0 spiro atoms. The van der Waals surface area contributed by atoms with Gasteiger partial charge >= 0.3 is 0 Å². The maximum atomic E-state index is 4.93. The van der Waals surface area contributed by atoms with Gasteiger partial charge in [0.25, 0.3) is 0 Å². The van der Waals surface area contributed by atoms with Crippen LogP contribution in [0, 0.1) is 0 Å². The van der Waals surface area contributed by atoms with E-state index in [0.29, 0.717) is 0 Å². The number of aromatic nitrogens is 4. The van der Waals surface area contributed by atoms with Gasteiger partial charge in [0.2, 0.25) is 0 Å². The molecule has 0 aliphatic carbocycles. The van der Waals surface area contributed by atoms with Crippen molar-refractivity contribution in [3.05, 3.63) is 71.9 Å². The molecular weight excluding hydrogens is 404 g/mol. The average Bonchev–Trinajstić information content (AvgIpc) is 3.49. The molecule has 5 aromatic rings. The van der Waals surface area contributed by atoms with Gasteiger partial charge < -0.3 is 9.88 Å². The third-order valence-electron chi connectivity index (χ3n) is 5.90. The lowest BCUT2D eigenvalue weighted by atomic mass is 10.1. The molecule has 0 amide bonds. The molecule has 0 unspecified atom stereocenters. The van der Waals surface area contributed by atoms with Gasteiger partial charge in [-0.2, -0.15) is 0 Å². The maximum absolute atomic E-state index is 4.93. The molecule has 1 N–H and O–H groups in total. The first-order chi connectivity index (χ1) is 15.3. The minimum atomic E-state index is 0.940. The molecule has 1 fully saturated rings. The summed E-state index contributed by atoms with van der Waals surface area (Å²) >= 11 is 1.71. The van der Waals surface area contributed by atoms with E-state index in [1.165, 1.54) is 16.1 Å². The number of hydrogen-bond acceptors (Lipinski definition) is 6. The van der Waals surface area contributed by atoms with Crippen LogP contribution in [0.5, 0.6) is 0 Å². The fourth-order valence-corrected chi connectivity index (χ4v) is 4.98. The van der Waals surface area contributed by atoms with E-state index in [1.807, 2.05) is 0 Å². The molecule has 1 saturated heterocycles. The van der Waals surface area contributed by atoms with Gasteiger partial charge in [-0.25, -0.2) is 4.98 Å². The standard InChI is InChI=1S/C24H22N6S/c1-3-19-23(28-24(27-19)22-5-2-14-31-22)21(4-1)30-12-10-29(11-13-30)16-17-6-7-18-20(15-17)26-9-8-25-18/h1-9,14-15H,10-13,16H2,(H,27,28). The Labute approximate surface area is 184 Å². The Bertz CT molecular complexity index is 1330. The highest BCUT2D eigenvalue weighted by Gasteiger charge is 2.20. The fourth-order valence-electron chi connectivity index (χ4n) is 4.31. The quantitative estimate of drug-likeness (QED) is 0.457. The number of nitrogens with zero attached hydrogens (tertiary/aromatic N) is 5. The molecule has 6 rings (SSSR count). The number of nitrogens with one attached hydrogen (secondary N) is 1. The number of anilines is 1. The Kier molecular flexibility index (Phi) is 4.62. The summed E-state index contributed by atoms with van der Waals surface area (Å²) in [4.78, 5) is 23.4. The van der Waals surface area contributed by atoms with Crippen LogP contribution in [-0.4, -0.2) is 51.0 Å². The Morgan fingerprint density at radius 2 is 1.77 bits per heavy atom. The van der Waals surface area contributed by atoms with Crippen molar-refractivity contribution in [1.29, 1.82) is 0 Å². The number of piperazine rings is 1. The van der Waals surface area contributed by atoms with Crippen molar-refractivity contribution in [2.45, 2.75) is 6.54 Å². The van der Waals surface area contributed by atoms with E-state index >= 15 is 0 Å². The fraction of sp³-hybridized carbons (Fsp3) is 0.208. The Morgan fingerprint density at radius 1 is 0.903 bits per heavy atom. The molecule has 31 heavy (non-hydrogen) atoms. The topological polar surface area (TPSA) is 60.9 Å². The third kappa shape index (κ3) is 3.56. The SMILES string of the molecule is c1csc(-c2nc3c(N4CCN(Cc5ccc6nccnc6c5)CC4)cccc3[nH]2)c1. The number of rotatable bonds is 4. The summed E-state index contributed by atoms with van der Waals surface area (Å²) < 4.78 is 0. The number of H-pyrrole nitrogens is 1. The van der Waals surface area contributed by atoms with Crippen LogP contribution in [0.4, 0.5) is 5.69 Å². The second-order valence-corrected chi connectivity index (χ2v) is 8.83. The van der Waals surface area contributed by atoms with E-state index in [4.69, 9.17) is 4.98 Å². The minimum absolute atomic E-state index is 0.940. The van der Waals surface area contributed by atoms with Crippen LogP contribution in [0.3, 0.4) is 0 Å². The number of benzene rings is 2. The van der Waals surface area contributed by atoms with E-state index in [-0.39, 0.29) is 0 Å². The van der Waals surface area contributed by atoms with Crippen molar-refractivity contribution in [2.24, 2.45) is 0 Å². The number of thiophene rings is 1. The van der Waals surface area contributed by atoms with Gasteiger partial charge in [-0.1, -0.05) is 18.2 Å². The van der Waals surface area contributed by atoms with Crippen LogP contribution >= 0.6 is 11.3 Å². The number of aromatic amines is 1. The monoisotopic (exact) mass is 426 g/mol. The highest BCUT2D eigenvalue weighted by molar-refractivity contribution is 7.13. The Hall–Kier alpha value is -3.29. The van der Waals surface area contributed by atoms with Crippen LogP contribution in [0.1, 0.15) is 5.56 Å². The van der Waals surface area contributed by atoms with Crippen molar-refractivity contribution in [3.63, 3.8) is 0 Å². The van der Waals surface area contributed by atoms with Crippen LogP contribution in [-0.2, 0) is 6.54 Å². The first-order valence-corrected chi connectivity index (χ1v) is 11.4. The zero-order valence-electron chi connectivity index (χ0n) is 17.0. The molecule has 0 atom stereocenters. The van der Waals surface area contributed by atoms with E-state index in [1.54, 1.807) is 23.7 Å². The summed E-state index contributed by atoms with van der Waals surface area (Å²) in [5, 5.41) is 2.09. The normalized spacial score (nSPS) is 15.2. The van der Waals surface area contributed by atoms with Crippen molar-refractivity contribution in [1.82, 2.24) is 24.8 Å². The second-order valence-electron chi connectivity index (χ2n) is 7.88. The molecule has 154 valence electrons. The van der Waals surface area contributed by atoms with Gasteiger partial charge in [-0.05, 0) is 41.3 Å². The lowest BCUT2D eigenvalue weighted by Gasteiger charge is -2.36. The van der Waals surface area contributed by atoms with Gasteiger partial charge in [0.15, 0.2) is 0 Å². The predicted molar refractivity (Wildman–Crippen MR) is 126 cm³/mol. The predicted octanol–water partition coefficient (Wildman–Crippen LogP) is 4.56. The smallest absolute Gasteiger partial charge is 0.148 e. The molecule has 4 heterocycles. The van der Waals surface area contributed by atoms with E-state index in [9.17, 15) is 0 Å². The van der Waals surface area contributed by atoms with Crippen LogP contribution in [0.25, 0.3) is 32.8 Å². The highest BCUT2D eigenvalue weighted by Crippen LogP contribution is 2.30. The molecule has 0 radical (unpaired) electrons. The van der Waals surface area contributed by atoms with E-state index in [2.05, 4.69) is 78.7 Å². The van der Waals surface area contributed by atoms with Gasteiger partial charge in [-0.3, -0.25) is 14.9 Å². The molecule has 2 aromatic carbocycles. The van der Waals surface area contributed by atoms with Crippen molar-refractivity contribution in [2.75, 3.05) is 31.1 Å². The lowest BCUT2D eigenvalue weighted by molar-refractivity contribution is 0.250. The van der Waals surface area contributed by atoms with Crippen molar-refractivity contribution in [3.8, 4) is 10.7 Å². The van der Waals surface area contributed by atoms with E-state index in [0.717, 1.165) is 60.6 Å². The molecule has 6 nitrogen and oxygen atoms in total. The summed E-state index contributed by atoms with van der Waals surface area (Å²) in [7, 11) is 0. The summed E-state index contributed by atoms with van der Waals surface area (Å²) in [5.74, 6) is 0.954. The zero-order valence-corrected chi connectivity index (χ0v) is 17.8. The zero-order chi connectivity index (χ0) is 20.6. The largest absolute Gasteiger partial charge is 0.367 e. The molecular formula is C24H22N6S. The highest BCUT2D eigenvalue weighted by atomic mass is 32.1. The molecule has 1 aliphatic heterocycles. The number of fused-ring (bicyclic) bond motifs is 2. The first kappa shape index (κ1) is 18.5. The average molecular weight is 427 g/mol. The Morgan fingerprint density at radius 3 is 2.61 bits per heavy atom. The maximum Gasteiger partial charge on any atom is 0.148 e. The van der Waals surface area contributed by atoms with Crippen LogP contribution < -0.4 is 4.90 Å². The second kappa shape index (κ2) is 7.76.